The fourth-order valence-corrected chi connectivity index (χ4v) is 13.4. The first kappa shape index (κ1) is 60.6. The number of rotatable bonds is 7. The average Bonchev–Trinajstić information content (AvgIpc) is 3.65. The number of anilines is 2. The second kappa shape index (κ2) is 24.8. The fraction of sp³-hybridized carbons (Fsp3) is 0.508. The van der Waals surface area contributed by atoms with Gasteiger partial charge >= 0.3 is 13.2 Å². The van der Waals surface area contributed by atoms with E-state index in [1.807, 2.05) is 70.9 Å². The van der Waals surface area contributed by atoms with E-state index in [1.165, 1.54) is 30.2 Å². The Bertz CT molecular complexity index is 3690. The van der Waals surface area contributed by atoms with Crippen LogP contribution in [-0.4, -0.2) is 107 Å². The largest absolute Gasteiger partial charge is 0.495 e. The molecule has 26 heteroatoms. The minimum absolute atomic E-state index is 0.159. The van der Waals surface area contributed by atoms with E-state index in [2.05, 4.69) is 175 Å². The van der Waals surface area contributed by atoms with E-state index in [-0.39, 0.29) is 35.9 Å². The fourth-order valence-electron chi connectivity index (χ4n) is 13.0. The van der Waals surface area contributed by atoms with Crippen LogP contribution >= 0.6 is 15.9 Å². The van der Waals surface area contributed by atoms with Gasteiger partial charge in [0.25, 0.3) is 0 Å². The molecular weight excluding hydrogens is 1140 g/mol. The van der Waals surface area contributed by atoms with Crippen molar-refractivity contribution in [3.8, 4) is 11.1 Å². The quantitative estimate of drug-likeness (QED) is 0.0375. The number of aromatic amines is 2. The summed E-state index contributed by atoms with van der Waals surface area (Å²) < 4.78 is 22.9. The number of piperidine rings is 2. The number of aromatic nitrogens is 8. The molecule has 1 amide bonds. The number of nitrogens with zero attached hydrogens (tertiary/aromatic N) is 14. The highest BCUT2D eigenvalue weighted by Crippen LogP contribution is 2.48. The van der Waals surface area contributed by atoms with Crippen LogP contribution in [-0.2, 0) is 14.0 Å². The van der Waals surface area contributed by atoms with Gasteiger partial charge in [0.05, 0.1) is 27.1 Å². The van der Waals surface area contributed by atoms with Crippen molar-refractivity contribution >= 4 is 79.6 Å². The highest BCUT2D eigenvalue weighted by molar-refractivity contribution is 9.10. The maximum Gasteiger partial charge on any atom is 0.495 e. The van der Waals surface area contributed by atoms with Crippen molar-refractivity contribution in [1.82, 2.24) is 44.0 Å². The molecule has 2 saturated carbocycles. The van der Waals surface area contributed by atoms with Crippen LogP contribution in [0.5, 0.6) is 0 Å². The van der Waals surface area contributed by atoms with Crippen LogP contribution in [0.2, 0.25) is 0 Å². The molecule has 5 aliphatic rings. The first-order chi connectivity index (χ1) is 40.7. The summed E-state index contributed by atoms with van der Waals surface area (Å²) in [4.78, 5) is 42.8. The normalized spacial score (nSPS) is 20.7. The number of nitrogens with one attached hydrogen (secondary N) is 3. The molecule has 9 N–H and O–H groups in total. The van der Waals surface area contributed by atoms with Gasteiger partial charge in [-0.05, 0) is 202 Å². The lowest BCUT2D eigenvalue weighted by molar-refractivity contribution is 0.00578. The molecule has 5 fully saturated rings. The Morgan fingerprint density at radius 3 is 1.84 bits per heavy atom. The van der Waals surface area contributed by atoms with Crippen molar-refractivity contribution in [1.29, 1.82) is 0 Å². The number of carbonyl (C=O) groups excluding carboxylic acids is 1. The van der Waals surface area contributed by atoms with Crippen molar-refractivity contribution in [2.45, 2.75) is 155 Å². The smallest absolute Gasteiger partial charge is 0.444 e. The van der Waals surface area contributed by atoms with Crippen LogP contribution in [0.1, 0.15) is 124 Å². The molecular formula is C59H80BBrN20O4. The summed E-state index contributed by atoms with van der Waals surface area (Å²) in [6.07, 6.45) is 22.9. The van der Waals surface area contributed by atoms with Crippen LogP contribution in [0.3, 0.4) is 0 Å². The number of carbonyl (C=O) groups is 1. The first-order valence-electron chi connectivity index (χ1n) is 29.3. The molecule has 0 bridgehead atoms. The van der Waals surface area contributed by atoms with Gasteiger partial charge in [-0.1, -0.05) is 47.6 Å². The molecule has 2 spiro atoms. The molecule has 3 saturated heterocycles. The molecule has 2 aliphatic carbocycles. The summed E-state index contributed by atoms with van der Waals surface area (Å²) in [5.41, 5.74) is 15.4. The molecule has 24 nitrogen and oxygen atoms in total. The van der Waals surface area contributed by atoms with Crippen LogP contribution in [0, 0.1) is 24.7 Å². The summed E-state index contributed by atoms with van der Waals surface area (Å²) in [7, 11) is -0.297. The standard InChI is InChI=1S/C24H28N6.C21H30BrN5O2.C14H18BNO2.H4N8/c1-16-21(18-4-2-5-19-17(18)7-11-26-19)22-27-12-15-30(22)23(28-16)29-13-9-24(10-14-29)8-3-6-20(24)25;1-14-16(22)17-23-10-13-27(17)18(24-14)26-11-8-21(9-12-26)7-5-6-15(21)25-19(28)29-20(2,3)4;1-13(2)14(3,4)18-15(17-13)11-6-5-7-12-10(11)8-9-16-12;1-3-5-7-8-6-4-2/h2,4-5,7,11-12,15,20,26H,3,6,8-10,13-14,25H2,1H3;10,13,15H,5-9,11-12H2,1-4H3,(H,25,28);5-9,16H,1-4H3;(H2,1,4,5,8)(H2,2,3,6,7)/t20-;15-;;/m11../s1. The molecule has 85 heavy (non-hydrogen) atoms. The van der Waals surface area contributed by atoms with Crippen LogP contribution in [0.15, 0.2) is 122 Å². The van der Waals surface area contributed by atoms with E-state index in [9.17, 15) is 4.79 Å². The van der Waals surface area contributed by atoms with Crippen molar-refractivity contribution in [3.05, 3.63) is 102 Å². The number of hydrogen-bond donors (Lipinski definition) is 6. The Morgan fingerprint density at radius 2 is 1.25 bits per heavy atom. The summed E-state index contributed by atoms with van der Waals surface area (Å²) in [5.74, 6) is 11.0. The zero-order valence-corrected chi connectivity index (χ0v) is 51.8. The number of ether oxygens (including phenoxy) is 1. The molecule has 2 atom stereocenters. The van der Waals surface area contributed by atoms with Gasteiger partial charge in [-0.3, -0.25) is 8.80 Å². The number of H-pyrrole nitrogens is 2. The lowest BCUT2D eigenvalue weighted by Gasteiger charge is -2.43. The van der Waals surface area contributed by atoms with Gasteiger partial charge in [0.1, 0.15) is 11.2 Å². The number of imidazole rings is 2. The molecule has 8 aromatic rings. The third kappa shape index (κ3) is 12.6. The second-order valence-electron chi connectivity index (χ2n) is 24.9. The summed E-state index contributed by atoms with van der Waals surface area (Å²) in [6.45, 7) is 22.0. The van der Waals surface area contributed by atoms with Gasteiger partial charge in [-0.15, -0.1) is 0 Å². The number of fused-ring (bicyclic) bond motifs is 4. The number of alkyl carbamates (subject to hydrolysis) is 1. The van der Waals surface area contributed by atoms with E-state index in [1.54, 1.807) is 0 Å². The minimum Gasteiger partial charge on any atom is -0.444 e. The number of amides is 1. The minimum atomic E-state index is -0.472. The Kier molecular flexibility index (Phi) is 17.7. The third-order valence-corrected chi connectivity index (χ3v) is 19.2. The Balaban J connectivity index is 0.000000136. The maximum atomic E-state index is 12.3. The zero-order valence-electron chi connectivity index (χ0n) is 50.2. The summed E-state index contributed by atoms with van der Waals surface area (Å²) in [6, 6.07) is 17.3. The van der Waals surface area contributed by atoms with Crippen molar-refractivity contribution in [3.63, 3.8) is 0 Å². The summed E-state index contributed by atoms with van der Waals surface area (Å²) in [5, 5.41) is 22.5. The van der Waals surface area contributed by atoms with Crippen molar-refractivity contribution in [2.75, 3.05) is 36.0 Å². The molecule has 9 heterocycles. The van der Waals surface area contributed by atoms with Crippen LogP contribution in [0.25, 0.3) is 44.2 Å². The van der Waals surface area contributed by atoms with E-state index in [4.69, 9.17) is 34.7 Å². The predicted octanol–water partition coefficient (Wildman–Crippen LogP) is 11.1. The van der Waals surface area contributed by atoms with Gasteiger partial charge in [-0.2, -0.15) is 0 Å². The Hall–Kier alpha value is -7.55. The highest BCUT2D eigenvalue weighted by atomic mass is 79.9. The predicted molar refractivity (Wildman–Crippen MR) is 334 cm³/mol. The second-order valence-corrected chi connectivity index (χ2v) is 25.7. The number of benzene rings is 2. The molecule has 6 aromatic heterocycles. The van der Waals surface area contributed by atoms with E-state index in [0.29, 0.717) is 11.5 Å². The van der Waals surface area contributed by atoms with Crippen molar-refractivity contribution < 1.29 is 18.8 Å². The number of nitrogens with two attached hydrogens (primary N) is 3. The topological polar surface area (TPSA) is 307 Å². The molecule has 2 aromatic carbocycles. The maximum absolute atomic E-state index is 12.3. The molecule has 450 valence electrons. The van der Waals surface area contributed by atoms with E-state index >= 15 is 0 Å². The molecule has 0 radical (unpaired) electrons. The monoisotopic (exact) mass is 1220 g/mol. The SMILES string of the molecule is CC1(C)OB(c2cccc3[nH]ccc23)OC1(C)C.Cc1nc(N2CCC3(CCC[C@H]3N)CC2)n2ccnc2c1-c1cccc2[nH]ccc12.Cc1nc(N2CCC3(CCC[C@H]3NC(=O)OC(C)(C)C)CC2)n2ccnc2c1Br.N/N=N/N=N/N=N/N. The van der Waals surface area contributed by atoms with Gasteiger partial charge in [-0.25, -0.2) is 24.7 Å². The Labute approximate surface area is 503 Å². The first-order valence-corrected chi connectivity index (χ1v) is 30.1. The molecule has 13 rings (SSSR count). The number of halogens is 1. The molecule has 0 unspecified atom stereocenters. The van der Waals surface area contributed by atoms with Gasteiger partial charge in [0, 0.05) is 97.4 Å². The van der Waals surface area contributed by atoms with Gasteiger partial charge in [0.15, 0.2) is 5.65 Å². The highest BCUT2D eigenvalue weighted by Gasteiger charge is 2.52. The lowest BCUT2D eigenvalue weighted by Crippen LogP contribution is -2.51. The zero-order chi connectivity index (χ0) is 60.3. The van der Waals surface area contributed by atoms with Crippen LogP contribution < -0.4 is 38.0 Å². The molecule has 3 aliphatic heterocycles. The average molecular weight is 1220 g/mol. The van der Waals surface area contributed by atoms with Crippen molar-refractivity contribution in [2.24, 2.45) is 59.6 Å². The van der Waals surface area contributed by atoms with E-state index in [0.717, 1.165) is 138 Å². The van der Waals surface area contributed by atoms with Crippen LogP contribution in [0.4, 0.5) is 16.7 Å². The Morgan fingerprint density at radius 1 is 0.718 bits per heavy atom. The number of hydrogen-bond acceptors (Lipinski definition) is 13. The third-order valence-electron chi connectivity index (χ3n) is 18.2. The van der Waals surface area contributed by atoms with Gasteiger partial charge in [0.2, 0.25) is 11.9 Å². The number of aryl methyl sites for hydroxylation is 2. The van der Waals surface area contributed by atoms with E-state index < -0.39 is 5.60 Å². The lowest BCUT2D eigenvalue weighted by atomic mass is 9.74. The summed E-state index contributed by atoms with van der Waals surface area (Å²) >= 11 is 3.60. The van der Waals surface area contributed by atoms with Gasteiger partial charge < -0.3 is 56.5 Å².